The van der Waals surface area contributed by atoms with E-state index in [1.807, 2.05) is 24.0 Å². The Kier molecular flexibility index (Phi) is 7.24. The molecule has 9 nitrogen and oxygen atoms in total. The maximum Gasteiger partial charge on any atom is 0.253 e. The van der Waals surface area contributed by atoms with Gasteiger partial charge in [-0.2, -0.15) is 0 Å². The summed E-state index contributed by atoms with van der Waals surface area (Å²) < 4.78 is 22.4. The number of hydrogen-bond acceptors (Lipinski definition) is 7. The zero-order chi connectivity index (χ0) is 25.1. The van der Waals surface area contributed by atoms with Crippen molar-refractivity contribution in [2.75, 3.05) is 51.3 Å². The van der Waals surface area contributed by atoms with E-state index >= 15 is 0 Å². The van der Waals surface area contributed by atoms with Gasteiger partial charge in [-0.1, -0.05) is 6.92 Å². The summed E-state index contributed by atoms with van der Waals surface area (Å²) in [7, 11) is 0. The summed E-state index contributed by atoms with van der Waals surface area (Å²) in [4.78, 5) is 30.2. The minimum atomic E-state index is -0.502. The zero-order valence-corrected chi connectivity index (χ0v) is 20.8. The van der Waals surface area contributed by atoms with E-state index < -0.39 is 5.82 Å². The predicted octanol–water partition coefficient (Wildman–Crippen LogP) is 3.66. The third kappa shape index (κ3) is 5.10. The molecule has 2 aromatic heterocycles. The number of rotatable bonds is 6. The largest absolute Gasteiger partial charge is 0.381 e. The number of aromatic nitrogens is 4. The smallest absolute Gasteiger partial charge is 0.253 e. The summed E-state index contributed by atoms with van der Waals surface area (Å²) in [5.41, 5.74) is 2.19. The second-order valence-electron chi connectivity index (χ2n) is 9.22. The summed E-state index contributed by atoms with van der Waals surface area (Å²) in [6, 6.07) is 7.42. The summed E-state index contributed by atoms with van der Waals surface area (Å²) >= 11 is 0. The molecule has 0 bridgehead atoms. The molecule has 2 aliphatic heterocycles. The van der Waals surface area contributed by atoms with Crippen LogP contribution in [0.1, 0.15) is 42.0 Å². The summed E-state index contributed by atoms with van der Waals surface area (Å²) in [5.74, 6) is 0.631. The number of likely N-dealkylation sites (N-methyl/N-ethyl adjacent to an activating group) is 1. The molecule has 1 amide bonds. The van der Waals surface area contributed by atoms with Crippen LogP contribution in [0.15, 0.2) is 36.7 Å². The Hall–Kier alpha value is -3.37. The highest BCUT2D eigenvalue weighted by Gasteiger charge is 2.24. The van der Waals surface area contributed by atoms with Crippen LogP contribution in [0.4, 0.5) is 16.0 Å². The molecule has 2 fully saturated rings. The lowest BCUT2D eigenvalue weighted by molar-refractivity contribution is 0.0643. The lowest BCUT2D eigenvalue weighted by Crippen LogP contribution is -2.48. The number of imidazole rings is 1. The van der Waals surface area contributed by atoms with Crippen LogP contribution in [0.2, 0.25) is 0 Å². The Bertz CT molecular complexity index is 1200. The molecule has 0 saturated carbocycles. The van der Waals surface area contributed by atoms with Crippen molar-refractivity contribution in [1.82, 2.24) is 29.3 Å². The number of carbonyl (C=O) groups is 1. The van der Waals surface area contributed by atoms with Gasteiger partial charge in [-0.05, 0) is 50.6 Å². The monoisotopic (exact) mass is 493 g/mol. The van der Waals surface area contributed by atoms with E-state index in [2.05, 4.69) is 36.7 Å². The number of halogens is 1. The maximum atomic E-state index is 14.9. The second-order valence-corrected chi connectivity index (χ2v) is 9.22. The number of ether oxygens (including phenoxy) is 1. The van der Waals surface area contributed by atoms with Crippen molar-refractivity contribution in [3.8, 4) is 11.4 Å². The number of hydrogen-bond donors (Lipinski definition) is 1. The van der Waals surface area contributed by atoms with Gasteiger partial charge in [0.25, 0.3) is 5.91 Å². The molecule has 1 aromatic carbocycles. The molecular formula is C26H32FN7O2. The van der Waals surface area contributed by atoms with Gasteiger partial charge in [0.2, 0.25) is 5.95 Å². The first kappa shape index (κ1) is 24.3. The lowest BCUT2D eigenvalue weighted by Gasteiger charge is -2.34. The Labute approximate surface area is 210 Å². The highest BCUT2D eigenvalue weighted by atomic mass is 19.1. The van der Waals surface area contributed by atoms with Crippen LogP contribution < -0.4 is 5.32 Å². The van der Waals surface area contributed by atoms with Gasteiger partial charge >= 0.3 is 0 Å². The third-order valence-corrected chi connectivity index (χ3v) is 7.02. The quantitative estimate of drug-likeness (QED) is 0.561. The molecule has 0 atom stereocenters. The topological polar surface area (TPSA) is 88.4 Å². The Morgan fingerprint density at radius 3 is 2.50 bits per heavy atom. The Morgan fingerprint density at radius 2 is 1.81 bits per heavy atom. The average molecular weight is 494 g/mol. The lowest BCUT2D eigenvalue weighted by atomic mass is 10.1. The van der Waals surface area contributed by atoms with Crippen molar-refractivity contribution in [2.45, 2.75) is 32.7 Å². The number of benzene rings is 1. The van der Waals surface area contributed by atoms with E-state index in [4.69, 9.17) is 4.74 Å². The summed E-state index contributed by atoms with van der Waals surface area (Å²) in [5, 5.41) is 3.14. The third-order valence-electron chi connectivity index (χ3n) is 7.02. The van der Waals surface area contributed by atoms with Crippen molar-refractivity contribution < 1.29 is 13.9 Å². The number of nitrogens with zero attached hydrogens (tertiary/aromatic N) is 6. The SMILES string of the molecule is CCN1CCN(C(=O)c2ccc(Nc3ncc(F)c(-c4cnc(C)n4C4CCOCC4)n3)cc2)CC1. The molecule has 4 heterocycles. The van der Waals surface area contributed by atoms with Crippen LogP contribution in [0.5, 0.6) is 0 Å². The minimum Gasteiger partial charge on any atom is -0.381 e. The van der Waals surface area contributed by atoms with Crippen LogP contribution in [0.25, 0.3) is 11.4 Å². The number of anilines is 2. The number of nitrogens with one attached hydrogen (secondary N) is 1. The Balaban J connectivity index is 1.31. The van der Waals surface area contributed by atoms with Crippen molar-refractivity contribution in [1.29, 1.82) is 0 Å². The second kappa shape index (κ2) is 10.7. The van der Waals surface area contributed by atoms with E-state index in [0.29, 0.717) is 30.2 Å². The molecule has 0 aliphatic carbocycles. The first-order valence-corrected chi connectivity index (χ1v) is 12.6. The number of amides is 1. The van der Waals surface area contributed by atoms with Gasteiger partial charge in [-0.15, -0.1) is 0 Å². The van der Waals surface area contributed by atoms with Crippen LogP contribution in [0, 0.1) is 12.7 Å². The van der Waals surface area contributed by atoms with Crippen molar-refractivity contribution in [2.24, 2.45) is 0 Å². The van der Waals surface area contributed by atoms with Crippen LogP contribution >= 0.6 is 0 Å². The standard InChI is InChI=1S/C26H32FN7O2/c1-3-32-10-12-33(13-11-32)25(35)19-4-6-20(7-5-19)30-26-29-16-22(27)24(31-26)23-17-28-18(2)34(23)21-8-14-36-15-9-21/h4-7,16-17,21H,3,8-15H2,1-2H3,(H,29,30,31). The summed E-state index contributed by atoms with van der Waals surface area (Å²) in [6.07, 6.45) is 4.54. The molecule has 1 N–H and O–H groups in total. The number of carbonyl (C=O) groups excluding carboxylic acids is 1. The Morgan fingerprint density at radius 1 is 1.08 bits per heavy atom. The van der Waals surface area contributed by atoms with Crippen LogP contribution in [-0.2, 0) is 4.74 Å². The molecule has 0 spiro atoms. The average Bonchev–Trinajstić information content (AvgIpc) is 3.31. The van der Waals surface area contributed by atoms with Crippen LogP contribution in [0.3, 0.4) is 0 Å². The van der Waals surface area contributed by atoms with Crippen LogP contribution in [-0.4, -0.2) is 81.2 Å². The predicted molar refractivity (Wildman–Crippen MR) is 135 cm³/mol. The van der Waals surface area contributed by atoms with Gasteiger partial charge in [0, 0.05) is 56.7 Å². The molecular weight excluding hydrogens is 461 g/mol. The molecule has 36 heavy (non-hydrogen) atoms. The molecule has 2 saturated heterocycles. The fourth-order valence-corrected chi connectivity index (χ4v) is 4.91. The molecule has 10 heteroatoms. The van der Waals surface area contributed by atoms with E-state index in [1.165, 1.54) is 6.20 Å². The van der Waals surface area contributed by atoms with Crippen molar-refractivity contribution >= 4 is 17.5 Å². The first-order chi connectivity index (χ1) is 17.5. The molecule has 5 rings (SSSR count). The van der Waals surface area contributed by atoms with Gasteiger partial charge in [-0.3, -0.25) is 4.79 Å². The van der Waals surface area contributed by atoms with E-state index in [9.17, 15) is 9.18 Å². The fraction of sp³-hybridized carbons (Fsp3) is 0.462. The van der Waals surface area contributed by atoms with E-state index in [1.54, 1.807) is 18.3 Å². The van der Waals surface area contributed by atoms with Gasteiger partial charge < -0.3 is 24.4 Å². The molecule has 2 aliphatic rings. The number of piperazine rings is 1. The summed E-state index contributed by atoms with van der Waals surface area (Å²) in [6.45, 7) is 9.70. The highest BCUT2D eigenvalue weighted by Crippen LogP contribution is 2.31. The molecule has 190 valence electrons. The van der Waals surface area contributed by atoms with Crippen molar-refractivity contribution in [3.63, 3.8) is 0 Å². The fourth-order valence-electron chi connectivity index (χ4n) is 4.91. The molecule has 0 unspecified atom stereocenters. The molecule has 3 aromatic rings. The van der Waals surface area contributed by atoms with E-state index in [-0.39, 0.29) is 23.6 Å². The van der Waals surface area contributed by atoms with Gasteiger partial charge in [0.15, 0.2) is 5.82 Å². The van der Waals surface area contributed by atoms with E-state index in [0.717, 1.165) is 51.4 Å². The van der Waals surface area contributed by atoms with Gasteiger partial charge in [-0.25, -0.2) is 19.3 Å². The number of aryl methyl sites for hydroxylation is 1. The molecule has 0 radical (unpaired) electrons. The maximum absolute atomic E-state index is 14.9. The highest BCUT2D eigenvalue weighted by molar-refractivity contribution is 5.94. The minimum absolute atomic E-state index is 0.0365. The van der Waals surface area contributed by atoms with Gasteiger partial charge in [0.1, 0.15) is 11.5 Å². The first-order valence-electron chi connectivity index (χ1n) is 12.6. The van der Waals surface area contributed by atoms with Crippen molar-refractivity contribution in [3.05, 3.63) is 53.9 Å². The zero-order valence-electron chi connectivity index (χ0n) is 20.8. The normalized spacial score (nSPS) is 17.4. The van der Waals surface area contributed by atoms with Gasteiger partial charge in [0.05, 0.1) is 18.1 Å².